The first-order valence-electron chi connectivity index (χ1n) is 20.2. The summed E-state index contributed by atoms with van der Waals surface area (Å²) in [5.74, 6) is -0.655. The van der Waals surface area contributed by atoms with E-state index in [4.69, 9.17) is 14.8 Å². The van der Waals surface area contributed by atoms with Gasteiger partial charge in [-0.1, -0.05) is 166 Å². The SMILES string of the molecule is CCCCCCC/C=C/C=C/[C@@H](O)[C@H](COP(=O)(O)OCCN)NC(=O)C(O)CCCCCCCCCCCC/C=C\CCCCCCCC. The van der Waals surface area contributed by atoms with Gasteiger partial charge in [-0.25, -0.2) is 4.57 Å². The van der Waals surface area contributed by atoms with Crippen LogP contribution in [0.4, 0.5) is 0 Å². The van der Waals surface area contributed by atoms with Gasteiger partial charge in [-0.15, -0.1) is 0 Å². The van der Waals surface area contributed by atoms with Crippen LogP contribution in [0.25, 0.3) is 0 Å². The van der Waals surface area contributed by atoms with Crippen molar-refractivity contribution in [1.29, 1.82) is 0 Å². The molecule has 0 spiro atoms. The topological polar surface area (TPSA) is 151 Å². The Morgan fingerprint density at radius 3 is 1.64 bits per heavy atom. The maximum atomic E-state index is 12.8. The normalized spacial score (nSPS) is 15.2. The summed E-state index contributed by atoms with van der Waals surface area (Å²) < 4.78 is 21.9. The van der Waals surface area contributed by atoms with E-state index in [1.807, 2.05) is 12.2 Å². The molecular weight excluding hydrogens is 651 g/mol. The minimum Gasteiger partial charge on any atom is -0.387 e. The molecule has 0 saturated heterocycles. The van der Waals surface area contributed by atoms with Gasteiger partial charge in [0.25, 0.3) is 0 Å². The number of hydrogen-bond acceptors (Lipinski definition) is 7. The van der Waals surface area contributed by atoms with Gasteiger partial charge in [-0.3, -0.25) is 13.8 Å². The molecule has 6 N–H and O–H groups in total. The fraction of sp³-hybridized carbons (Fsp3) is 0.825. The highest BCUT2D eigenvalue weighted by Crippen LogP contribution is 2.43. The number of phosphoric ester groups is 1. The van der Waals surface area contributed by atoms with E-state index in [-0.39, 0.29) is 13.2 Å². The first-order valence-corrected chi connectivity index (χ1v) is 21.7. The molecular formula is C40H77N2O7P. The molecule has 10 heteroatoms. The van der Waals surface area contributed by atoms with Gasteiger partial charge in [-0.05, 0) is 44.9 Å². The number of unbranched alkanes of at least 4 members (excludes halogenated alkanes) is 21. The predicted octanol–water partition coefficient (Wildman–Crippen LogP) is 9.75. The predicted molar refractivity (Wildman–Crippen MR) is 209 cm³/mol. The molecule has 2 unspecified atom stereocenters. The van der Waals surface area contributed by atoms with Crippen LogP contribution in [0.1, 0.15) is 174 Å². The quantitative estimate of drug-likeness (QED) is 0.0184. The number of aliphatic hydroxyl groups is 2. The van der Waals surface area contributed by atoms with Crippen LogP contribution < -0.4 is 11.1 Å². The second kappa shape index (κ2) is 36.1. The molecule has 50 heavy (non-hydrogen) atoms. The van der Waals surface area contributed by atoms with Gasteiger partial charge in [0.05, 0.1) is 25.4 Å². The van der Waals surface area contributed by atoms with Crippen LogP contribution in [0.15, 0.2) is 36.5 Å². The van der Waals surface area contributed by atoms with Crippen LogP contribution in [0.2, 0.25) is 0 Å². The smallest absolute Gasteiger partial charge is 0.387 e. The first-order chi connectivity index (χ1) is 24.3. The molecule has 0 saturated carbocycles. The molecule has 294 valence electrons. The number of carbonyl (C=O) groups excluding carboxylic acids is 1. The van der Waals surface area contributed by atoms with Crippen LogP contribution >= 0.6 is 7.82 Å². The molecule has 0 aromatic rings. The van der Waals surface area contributed by atoms with Gasteiger partial charge in [0.15, 0.2) is 0 Å². The average Bonchev–Trinajstić information content (AvgIpc) is 3.10. The molecule has 0 aliphatic carbocycles. The zero-order valence-corrected chi connectivity index (χ0v) is 32.9. The Bertz CT molecular complexity index is 899. The van der Waals surface area contributed by atoms with Crippen molar-refractivity contribution < 1.29 is 33.5 Å². The van der Waals surface area contributed by atoms with Crippen molar-refractivity contribution in [3.05, 3.63) is 36.5 Å². The summed E-state index contributed by atoms with van der Waals surface area (Å²) in [6.07, 6.45) is 38.6. The number of nitrogens with two attached hydrogens (primary N) is 1. The third-order valence-electron chi connectivity index (χ3n) is 8.85. The van der Waals surface area contributed by atoms with Crippen LogP contribution in [0.3, 0.4) is 0 Å². The molecule has 0 rings (SSSR count). The minimum atomic E-state index is -4.42. The summed E-state index contributed by atoms with van der Waals surface area (Å²) in [6.45, 7) is 3.82. The Kier molecular flexibility index (Phi) is 35.1. The highest BCUT2D eigenvalue weighted by atomic mass is 31.2. The highest BCUT2D eigenvalue weighted by molar-refractivity contribution is 7.47. The third kappa shape index (κ3) is 32.6. The summed E-state index contributed by atoms with van der Waals surface area (Å²) >= 11 is 0. The van der Waals surface area contributed by atoms with Crippen molar-refractivity contribution >= 4 is 13.7 Å². The lowest BCUT2D eigenvalue weighted by atomic mass is 10.0. The molecule has 0 aliphatic rings. The Labute approximate surface area is 306 Å². The fourth-order valence-corrected chi connectivity index (χ4v) is 6.42. The molecule has 1 amide bonds. The summed E-state index contributed by atoms with van der Waals surface area (Å²) in [4.78, 5) is 22.6. The molecule has 4 atom stereocenters. The summed E-state index contributed by atoms with van der Waals surface area (Å²) in [5, 5.41) is 23.8. The van der Waals surface area contributed by atoms with Crippen molar-refractivity contribution in [1.82, 2.24) is 5.32 Å². The first kappa shape index (κ1) is 48.7. The van der Waals surface area contributed by atoms with Crippen LogP contribution in [-0.2, 0) is 18.4 Å². The van der Waals surface area contributed by atoms with Crippen molar-refractivity contribution in [2.45, 2.75) is 193 Å². The van der Waals surface area contributed by atoms with E-state index in [0.29, 0.717) is 12.8 Å². The average molecular weight is 729 g/mol. The second-order valence-electron chi connectivity index (χ2n) is 13.7. The number of aliphatic hydroxyl groups excluding tert-OH is 2. The lowest BCUT2D eigenvalue weighted by Crippen LogP contribution is -2.49. The lowest BCUT2D eigenvalue weighted by Gasteiger charge is -2.24. The molecule has 0 bridgehead atoms. The summed E-state index contributed by atoms with van der Waals surface area (Å²) in [5.41, 5.74) is 5.33. The van der Waals surface area contributed by atoms with E-state index in [2.05, 4.69) is 31.3 Å². The van der Waals surface area contributed by atoms with Gasteiger partial charge in [-0.2, -0.15) is 0 Å². The zero-order valence-electron chi connectivity index (χ0n) is 32.0. The van der Waals surface area contributed by atoms with Crippen molar-refractivity contribution in [3.63, 3.8) is 0 Å². The van der Waals surface area contributed by atoms with Crippen molar-refractivity contribution in [2.24, 2.45) is 5.73 Å². The number of rotatable bonds is 37. The molecule has 0 aromatic carbocycles. The Hall–Kier alpha value is -1.32. The lowest BCUT2D eigenvalue weighted by molar-refractivity contribution is -0.131. The summed E-state index contributed by atoms with van der Waals surface area (Å²) in [6, 6.07) is -1.07. The number of nitrogens with one attached hydrogen (secondary N) is 1. The van der Waals surface area contributed by atoms with Crippen LogP contribution in [0.5, 0.6) is 0 Å². The molecule has 0 aromatic heterocycles. The maximum Gasteiger partial charge on any atom is 0.472 e. The number of phosphoric acid groups is 1. The molecule has 0 fully saturated rings. The number of amides is 1. The monoisotopic (exact) mass is 729 g/mol. The molecule has 0 heterocycles. The van der Waals surface area contributed by atoms with E-state index in [1.165, 1.54) is 122 Å². The third-order valence-corrected chi connectivity index (χ3v) is 9.84. The van der Waals surface area contributed by atoms with Crippen molar-refractivity contribution in [3.8, 4) is 0 Å². The molecule has 0 aliphatic heterocycles. The fourth-order valence-electron chi connectivity index (χ4n) is 5.66. The number of carbonyl (C=O) groups is 1. The Balaban J connectivity index is 4.27. The maximum absolute atomic E-state index is 12.8. The highest BCUT2D eigenvalue weighted by Gasteiger charge is 2.28. The van der Waals surface area contributed by atoms with Gasteiger partial charge in [0, 0.05) is 6.54 Å². The van der Waals surface area contributed by atoms with Crippen LogP contribution in [-0.4, -0.2) is 59.0 Å². The van der Waals surface area contributed by atoms with Gasteiger partial charge >= 0.3 is 7.82 Å². The minimum absolute atomic E-state index is 0.0360. The van der Waals surface area contributed by atoms with E-state index >= 15 is 0 Å². The Morgan fingerprint density at radius 2 is 1.14 bits per heavy atom. The van der Waals surface area contributed by atoms with E-state index < -0.39 is 38.6 Å². The number of allylic oxidation sites excluding steroid dienone is 5. The summed E-state index contributed by atoms with van der Waals surface area (Å²) in [7, 11) is -4.42. The molecule has 9 nitrogen and oxygen atoms in total. The Morgan fingerprint density at radius 1 is 0.680 bits per heavy atom. The number of hydrogen-bond donors (Lipinski definition) is 5. The zero-order chi connectivity index (χ0) is 37.0. The van der Waals surface area contributed by atoms with Gasteiger partial charge < -0.3 is 26.2 Å². The van der Waals surface area contributed by atoms with E-state index in [1.54, 1.807) is 6.08 Å². The largest absolute Gasteiger partial charge is 0.472 e. The standard InChI is InChI=1S/C40H77N2O7P/c1-3-5-7-9-11-13-14-15-16-17-18-19-20-21-22-23-25-27-29-31-33-39(44)40(45)42-37(36-49-50(46,47)48-35-34-41)38(43)32-30-28-26-24-12-10-8-6-4-2/h15-16,26,28,30,32,37-39,43-44H,3-14,17-25,27,29,31,33-36,41H2,1-2H3,(H,42,45)(H,46,47)/b16-15-,28-26+,32-30+/t37-,38+,39?/m0/s1. The van der Waals surface area contributed by atoms with Crippen LogP contribution in [0, 0.1) is 0 Å². The van der Waals surface area contributed by atoms with Gasteiger partial charge in [0.1, 0.15) is 6.10 Å². The van der Waals surface area contributed by atoms with Crippen molar-refractivity contribution in [2.75, 3.05) is 19.8 Å². The van der Waals surface area contributed by atoms with Gasteiger partial charge in [0.2, 0.25) is 5.91 Å². The van der Waals surface area contributed by atoms with E-state index in [0.717, 1.165) is 32.1 Å². The van der Waals surface area contributed by atoms with E-state index in [9.17, 15) is 24.5 Å². The molecule has 0 radical (unpaired) electrons. The second-order valence-corrected chi connectivity index (χ2v) is 15.1.